The Balaban J connectivity index is 1.55. The summed E-state index contributed by atoms with van der Waals surface area (Å²) in [5.74, 6) is 1.52. The quantitative estimate of drug-likeness (QED) is 0.599. The first kappa shape index (κ1) is 20.3. The lowest BCUT2D eigenvalue weighted by atomic mass is 9.93. The van der Waals surface area contributed by atoms with E-state index in [9.17, 15) is 4.79 Å². The molecule has 0 unspecified atom stereocenters. The number of piperidine rings is 1. The van der Waals surface area contributed by atoms with Crippen LogP contribution in [0.3, 0.4) is 0 Å². The Morgan fingerprint density at radius 2 is 2.00 bits per heavy atom. The van der Waals surface area contributed by atoms with Crippen LogP contribution in [0, 0.1) is 12.8 Å². The van der Waals surface area contributed by atoms with Crippen molar-refractivity contribution < 1.29 is 4.79 Å². The van der Waals surface area contributed by atoms with Gasteiger partial charge in [0.2, 0.25) is 5.91 Å². The molecule has 1 aliphatic rings. The molecule has 6 nitrogen and oxygen atoms in total. The fourth-order valence-corrected chi connectivity index (χ4v) is 4.51. The highest BCUT2D eigenvalue weighted by Crippen LogP contribution is 2.27. The molecule has 0 aliphatic carbocycles. The van der Waals surface area contributed by atoms with E-state index in [0.29, 0.717) is 12.3 Å². The van der Waals surface area contributed by atoms with Crippen molar-refractivity contribution in [2.45, 2.75) is 32.7 Å². The smallest absolute Gasteiger partial charge is 0.220 e. The average molecular weight is 400 g/mol. The van der Waals surface area contributed by atoms with Gasteiger partial charge in [-0.1, -0.05) is 30.3 Å². The molecular weight excluding hydrogens is 370 g/mol. The van der Waals surface area contributed by atoms with Crippen molar-refractivity contribution in [2.24, 2.45) is 10.9 Å². The van der Waals surface area contributed by atoms with E-state index in [4.69, 9.17) is 4.98 Å². The fraction of sp³-hybridized carbons (Fsp3) is 0.476. The summed E-state index contributed by atoms with van der Waals surface area (Å²) in [6.45, 7) is 4.64. The summed E-state index contributed by atoms with van der Waals surface area (Å²) in [5.41, 5.74) is 2.22. The molecule has 1 amide bonds. The van der Waals surface area contributed by atoms with Crippen molar-refractivity contribution in [3.63, 3.8) is 0 Å². The average Bonchev–Trinajstić information content (AvgIpc) is 3.11. The molecule has 0 bridgehead atoms. The summed E-state index contributed by atoms with van der Waals surface area (Å²) in [6, 6.07) is 10.3. The van der Waals surface area contributed by atoms with Crippen LogP contribution in [0.15, 0.2) is 35.3 Å². The lowest BCUT2D eigenvalue weighted by molar-refractivity contribution is -0.121. The Labute approximate surface area is 171 Å². The maximum Gasteiger partial charge on any atom is 0.220 e. The number of carbonyl (C=O) groups excluding carboxylic acids is 1. The zero-order chi connectivity index (χ0) is 19.9. The van der Waals surface area contributed by atoms with Gasteiger partial charge in [-0.2, -0.15) is 0 Å². The lowest BCUT2D eigenvalue weighted by Crippen LogP contribution is -2.45. The number of hydrogen-bond acceptors (Lipinski definition) is 4. The van der Waals surface area contributed by atoms with Crippen LogP contribution in [-0.4, -0.2) is 48.9 Å². The summed E-state index contributed by atoms with van der Waals surface area (Å²) >= 11 is 1.73. The van der Waals surface area contributed by atoms with E-state index < -0.39 is 0 Å². The molecular formula is C21H29N5OS. The van der Waals surface area contributed by atoms with Gasteiger partial charge in [0, 0.05) is 44.0 Å². The minimum atomic E-state index is 0.135. The van der Waals surface area contributed by atoms with Gasteiger partial charge >= 0.3 is 0 Å². The maximum atomic E-state index is 11.6. The number of benzene rings is 1. The van der Waals surface area contributed by atoms with E-state index in [2.05, 4.69) is 39.6 Å². The van der Waals surface area contributed by atoms with Crippen molar-refractivity contribution in [1.29, 1.82) is 0 Å². The standard InChI is InChI=1S/C21H29N5OS/c1-15-18(28-20(25-15)17-7-5-4-6-8-17)14-24-21(23-3)26-11-9-16(10-12-26)13-19(27)22-2/h4-8,16H,9-14H2,1-3H3,(H,22,27)(H,23,24). The number of likely N-dealkylation sites (tertiary alicyclic amines) is 1. The van der Waals surface area contributed by atoms with E-state index in [1.807, 2.05) is 25.2 Å². The molecule has 2 N–H and O–H groups in total. The second-order valence-electron chi connectivity index (χ2n) is 7.10. The first-order chi connectivity index (χ1) is 13.6. The van der Waals surface area contributed by atoms with Gasteiger partial charge < -0.3 is 15.5 Å². The molecule has 0 radical (unpaired) electrons. The van der Waals surface area contributed by atoms with Gasteiger partial charge in [0.15, 0.2) is 5.96 Å². The third-order valence-corrected chi connectivity index (χ3v) is 6.41. The molecule has 0 spiro atoms. The molecule has 3 rings (SSSR count). The molecule has 1 fully saturated rings. The predicted molar refractivity (Wildman–Crippen MR) is 115 cm³/mol. The Hall–Kier alpha value is -2.41. The van der Waals surface area contributed by atoms with Gasteiger partial charge in [0.05, 0.1) is 12.2 Å². The minimum Gasteiger partial charge on any atom is -0.359 e. The molecule has 2 aromatic rings. The number of aliphatic imine (C=N–C) groups is 1. The largest absolute Gasteiger partial charge is 0.359 e. The first-order valence-electron chi connectivity index (χ1n) is 9.78. The summed E-state index contributed by atoms with van der Waals surface area (Å²) < 4.78 is 0. The van der Waals surface area contributed by atoms with Crippen molar-refractivity contribution in [1.82, 2.24) is 20.5 Å². The molecule has 0 saturated carbocycles. The van der Waals surface area contributed by atoms with Gasteiger partial charge in [-0.3, -0.25) is 9.79 Å². The van der Waals surface area contributed by atoms with Gasteiger partial charge in [0.25, 0.3) is 0 Å². The SMILES string of the molecule is CN=C(NCc1sc(-c2ccccc2)nc1C)N1CCC(CC(=O)NC)CC1. The Morgan fingerprint density at radius 1 is 1.29 bits per heavy atom. The van der Waals surface area contributed by atoms with Crippen molar-refractivity contribution in [2.75, 3.05) is 27.2 Å². The monoisotopic (exact) mass is 399 g/mol. The van der Waals surface area contributed by atoms with Crippen molar-refractivity contribution >= 4 is 23.2 Å². The van der Waals surface area contributed by atoms with Gasteiger partial charge in [-0.05, 0) is 25.7 Å². The van der Waals surface area contributed by atoms with Gasteiger partial charge in [-0.15, -0.1) is 11.3 Å². The van der Waals surface area contributed by atoms with Gasteiger partial charge in [0.1, 0.15) is 5.01 Å². The second kappa shape index (κ2) is 9.68. The summed E-state index contributed by atoms with van der Waals surface area (Å²) in [5, 5.41) is 7.27. The van der Waals surface area contributed by atoms with Crippen LogP contribution in [0.1, 0.15) is 29.8 Å². The zero-order valence-corrected chi connectivity index (χ0v) is 17.7. The van der Waals surface area contributed by atoms with E-state index in [1.165, 1.54) is 4.88 Å². The second-order valence-corrected chi connectivity index (χ2v) is 8.19. The molecule has 7 heteroatoms. The molecule has 28 heavy (non-hydrogen) atoms. The summed E-state index contributed by atoms with van der Waals surface area (Å²) in [4.78, 5) is 24.3. The first-order valence-corrected chi connectivity index (χ1v) is 10.6. The highest BCUT2D eigenvalue weighted by molar-refractivity contribution is 7.15. The molecule has 1 aliphatic heterocycles. The van der Waals surface area contributed by atoms with Crippen molar-refractivity contribution in [3.05, 3.63) is 40.9 Å². The molecule has 1 saturated heterocycles. The molecule has 2 heterocycles. The zero-order valence-electron chi connectivity index (χ0n) is 16.9. The number of aryl methyl sites for hydroxylation is 1. The number of carbonyl (C=O) groups is 1. The Bertz CT molecular complexity index is 809. The summed E-state index contributed by atoms with van der Waals surface area (Å²) in [7, 11) is 3.53. The number of aromatic nitrogens is 1. The van der Waals surface area contributed by atoms with Crippen LogP contribution in [0.5, 0.6) is 0 Å². The van der Waals surface area contributed by atoms with Crippen molar-refractivity contribution in [3.8, 4) is 10.6 Å². The number of guanidine groups is 1. The highest BCUT2D eigenvalue weighted by atomic mass is 32.1. The Kier molecular flexibility index (Phi) is 7.03. The van der Waals surface area contributed by atoms with Crippen LogP contribution in [0.4, 0.5) is 0 Å². The van der Waals surface area contributed by atoms with E-state index in [-0.39, 0.29) is 5.91 Å². The van der Waals surface area contributed by atoms with Crippen LogP contribution in [-0.2, 0) is 11.3 Å². The Morgan fingerprint density at radius 3 is 2.64 bits per heavy atom. The molecule has 1 aromatic heterocycles. The van der Waals surface area contributed by atoms with E-state index in [0.717, 1.165) is 54.7 Å². The van der Waals surface area contributed by atoms with Gasteiger partial charge in [-0.25, -0.2) is 4.98 Å². The number of amides is 1. The number of nitrogens with one attached hydrogen (secondary N) is 2. The van der Waals surface area contributed by atoms with E-state index >= 15 is 0 Å². The third-order valence-electron chi connectivity index (χ3n) is 5.20. The molecule has 150 valence electrons. The minimum absolute atomic E-state index is 0.135. The number of rotatable bonds is 5. The molecule has 0 atom stereocenters. The third kappa shape index (κ3) is 5.10. The number of thiazole rings is 1. The predicted octanol–water partition coefficient (Wildman–Crippen LogP) is 3.04. The normalized spacial score (nSPS) is 15.5. The fourth-order valence-electron chi connectivity index (χ4n) is 3.50. The van der Waals surface area contributed by atoms with Crippen LogP contribution >= 0.6 is 11.3 Å². The highest BCUT2D eigenvalue weighted by Gasteiger charge is 2.23. The number of hydrogen-bond donors (Lipinski definition) is 2. The summed E-state index contributed by atoms with van der Waals surface area (Å²) in [6.07, 6.45) is 2.66. The van der Waals surface area contributed by atoms with E-state index in [1.54, 1.807) is 18.4 Å². The van der Waals surface area contributed by atoms with Crippen LogP contribution in [0.25, 0.3) is 10.6 Å². The maximum absolute atomic E-state index is 11.6. The van der Waals surface area contributed by atoms with Crippen LogP contribution in [0.2, 0.25) is 0 Å². The number of nitrogens with zero attached hydrogens (tertiary/aromatic N) is 3. The topological polar surface area (TPSA) is 69.6 Å². The van der Waals surface area contributed by atoms with Crippen LogP contribution < -0.4 is 10.6 Å². The molecule has 1 aromatic carbocycles. The lowest BCUT2D eigenvalue weighted by Gasteiger charge is -2.34.